The van der Waals surface area contributed by atoms with Gasteiger partial charge in [-0.05, 0) is 56.6 Å². The van der Waals surface area contributed by atoms with E-state index in [0.29, 0.717) is 10.8 Å². The minimum Gasteiger partial charge on any atom is -0.313 e. The molecule has 1 N–H and O–H groups in total. The van der Waals surface area contributed by atoms with Crippen molar-refractivity contribution in [1.29, 1.82) is 0 Å². The summed E-state index contributed by atoms with van der Waals surface area (Å²) in [7, 11) is 0. The summed E-state index contributed by atoms with van der Waals surface area (Å²) in [4.78, 5) is 0. The quantitative estimate of drug-likeness (QED) is 0.874. The normalized spacial score (nSPS) is 25.3. The molecule has 2 atom stereocenters. The molecular weight excluding hydrogens is 245 g/mol. The van der Waals surface area contributed by atoms with E-state index in [2.05, 4.69) is 30.9 Å². The van der Waals surface area contributed by atoms with Crippen molar-refractivity contribution >= 4 is 11.8 Å². The van der Waals surface area contributed by atoms with Crippen LogP contribution in [-0.4, -0.2) is 23.1 Å². The van der Waals surface area contributed by atoms with E-state index in [0.717, 1.165) is 13.0 Å². The number of nitrogens with one attached hydrogen (secondary N) is 1. The van der Waals surface area contributed by atoms with E-state index in [1.165, 1.54) is 36.3 Å². The zero-order valence-electron chi connectivity index (χ0n) is 11.2. The van der Waals surface area contributed by atoms with Gasteiger partial charge in [0.25, 0.3) is 0 Å². The van der Waals surface area contributed by atoms with Gasteiger partial charge in [0.15, 0.2) is 0 Å². The number of benzene rings is 1. The number of hydrogen-bond donors (Lipinski definition) is 1. The number of halogens is 1. The Hall–Kier alpha value is -0.540. The van der Waals surface area contributed by atoms with Crippen LogP contribution in [0.5, 0.6) is 0 Å². The van der Waals surface area contributed by atoms with Crippen LogP contribution < -0.4 is 5.32 Å². The number of rotatable bonds is 5. The van der Waals surface area contributed by atoms with E-state index >= 15 is 0 Å². The lowest BCUT2D eigenvalue weighted by Gasteiger charge is -2.25. The molecule has 0 radical (unpaired) electrons. The van der Waals surface area contributed by atoms with Crippen molar-refractivity contribution in [3.8, 4) is 0 Å². The average Bonchev–Trinajstić information content (AvgIpc) is 2.78. The van der Waals surface area contributed by atoms with Gasteiger partial charge >= 0.3 is 0 Å². The largest absolute Gasteiger partial charge is 0.313 e. The van der Waals surface area contributed by atoms with Crippen LogP contribution >= 0.6 is 11.8 Å². The molecule has 0 aliphatic carbocycles. The van der Waals surface area contributed by atoms with Crippen molar-refractivity contribution < 1.29 is 4.39 Å². The zero-order chi connectivity index (χ0) is 13.0. The second-order valence-electron chi connectivity index (χ2n) is 5.51. The maximum atomic E-state index is 12.8. The molecule has 3 heteroatoms. The van der Waals surface area contributed by atoms with E-state index < -0.39 is 0 Å². The third-order valence-electron chi connectivity index (χ3n) is 3.58. The van der Waals surface area contributed by atoms with Crippen LogP contribution in [-0.2, 0) is 6.42 Å². The fourth-order valence-corrected chi connectivity index (χ4v) is 3.67. The number of thioether (sulfide) groups is 1. The maximum absolute atomic E-state index is 12.8. The van der Waals surface area contributed by atoms with Gasteiger partial charge in [-0.15, -0.1) is 0 Å². The second-order valence-corrected chi connectivity index (χ2v) is 7.20. The Balaban J connectivity index is 1.78. The summed E-state index contributed by atoms with van der Waals surface area (Å²) in [6.45, 7) is 5.62. The molecule has 0 amide bonds. The molecule has 1 aliphatic heterocycles. The third kappa shape index (κ3) is 3.99. The lowest BCUT2D eigenvalue weighted by Crippen LogP contribution is -2.38. The molecule has 18 heavy (non-hydrogen) atoms. The molecule has 1 heterocycles. The predicted octanol–water partition coefficient (Wildman–Crippen LogP) is 3.63. The first kappa shape index (κ1) is 13.9. The van der Waals surface area contributed by atoms with Gasteiger partial charge in [0.1, 0.15) is 5.82 Å². The Morgan fingerprint density at radius 1 is 1.39 bits per heavy atom. The molecule has 1 nitrogen and oxygen atoms in total. The van der Waals surface area contributed by atoms with Crippen molar-refractivity contribution in [2.75, 3.05) is 12.3 Å². The van der Waals surface area contributed by atoms with E-state index in [9.17, 15) is 4.39 Å². The molecular formula is C15H22FNS. The topological polar surface area (TPSA) is 12.0 Å². The Morgan fingerprint density at radius 2 is 2.11 bits per heavy atom. The van der Waals surface area contributed by atoms with E-state index in [4.69, 9.17) is 0 Å². The Bertz CT molecular complexity index is 371. The predicted molar refractivity (Wildman–Crippen MR) is 77.7 cm³/mol. The van der Waals surface area contributed by atoms with Crippen LogP contribution in [0.2, 0.25) is 0 Å². The summed E-state index contributed by atoms with van der Waals surface area (Å²) in [5, 5.41) is 3.61. The van der Waals surface area contributed by atoms with Crippen LogP contribution in [0.15, 0.2) is 24.3 Å². The maximum Gasteiger partial charge on any atom is 0.123 e. The molecule has 1 aromatic carbocycles. The van der Waals surface area contributed by atoms with Gasteiger partial charge in [-0.2, -0.15) is 11.8 Å². The van der Waals surface area contributed by atoms with Gasteiger partial charge in [0.05, 0.1) is 0 Å². The first-order valence-electron chi connectivity index (χ1n) is 6.69. The molecule has 100 valence electrons. The molecule has 0 spiro atoms. The number of hydrogen-bond acceptors (Lipinski definition) is 2. The monoisotopic (exact) mass is 267 g/mol. The van der Waals surface area contributed by atoms with Crippen molar-refractivity contribution in [1.82, 2.24) is 5.32 Å². The fourth-order valence-electron chi connectivity index (χ4n) is 2.41. The minimum atomic E-state index is -0.158. The highest BCUT2D eigenvalue weighted by Gasteiger charge is 2.29. The van der Waals surface area contributed by atoms with Crippen molar-refractivity contribution in [2.45, 2.75) is 43.9 Å². The molecule has 1 aliphatic rings. The smallest absolute Gasteiger partial charge is 0.123 e. The van der Waals surface area contributed by atoms with Gasteiger partial charge < -0.3 is 5.32 Å². The van der Waals surface area contributed by atoms with Gasteiger partial charge in [-0.3, -0.25) is 0 Å². The van der Waals surface area contributed by atoms with Crippen molar-refractivity contribution in [2.24, 2.45) is 0 Å². The van der Waals surface area contributed by atoms with Crippen LogP contribution in [0.1, 0.15) is 32.3 Å². The first-order valence-corrected chi connectivity index (χ1v) is 7.68. The molecule has 2 unspecified atom stereocenters. The lowest BCUT2D eigenvalue weighted by molar-refractivity contribution is 0.477. The van der Waals surface area contributed by atoms with E-state index in [1.807, 2.05) is 12.1 Å². The summed E-state index contributed by atoms with van der Waals surface area (Å²) in [5.74, 6) is 1.14. The summed E-state index contributed by atoms with van der Waals surface area (Å²) in [6, 6.07) is 7.26. The van der Waals surface area contributed by atoms with Gasteiger partial charge in [-0.25, -0.2) is 4.39 Å². The first-order chi connectivity index (χ1) is 8.57. The van der Waals surface area contributed by atoms with E-state index in [1.54, 1.807) is 0 Å². The highest BCUT2D eigenvalue weighted by molar-refractivity contribution is 8.00. The molecule has 2 rings (SSSR count). The highest BCUT2D eigenvalue weighted by Crippen LogP contribution is 2.37. The summed E-state index contributed by atoms with van der Waals surface area (Å²) in [6.07, 6.45) is 3.62. The summed E-state index contributed by atoms with van der Waals surface area (Å²) >= 11 is 2.08. The Labute approximate surface area is 114 Å². The van der Waals surface area contributed by atoms with Crippen LogP contribution in [0.3, 0.4) is 0 Å². The molecule has 1 saturated heterocycles. The summed E-state index contributed by atoms with van der Waals surface area (Å²) in [5.41, 5.74) is 1.20. The Morgan fingerprint density at radius 3 is 2.72 bits per heavy atom. The zero-order valence-corrected chi connectivity index (χ0v) is 12.0. The van der Waals surface area contributed by atoms with Gasteiger partial charge in [0, 0.05) is 17.3 Å². The summed E-state index contributed by atoms with van der Waals surface area (Å²) < 4.78 is 13.2. The van der Waals surface area contributed by atoms with Crippen molar-refractivity contribution in [3.63, 3.8) is 0 Å². The second kappa shape index (κ2) is 6.07. The van der Waals surface area contributed by atoms with Gasteiger partial charge in [0.2, 0.25) is 0 Å². The highest BCUT2D eigenvalue weighted by atomic mass is 32.2. The van der Waals surface area contributed by atoms with E-state index in [-0.39, 0.29) is 5.82 Å². The fraction of sp³-hybridized carbons (Fsp3) is 0.600. The van der Waals surface area contributed by atoms with Crippen LogP contribution in [0, 0.1) is 5.82 Å². The molecule has 0 saturated carbocycles. The molecule has 1 fully saturated rings. The van der Waals surface area contributed by atoms with Crippen LogP contribution in [0.25, 0.3) is 0 Å². The lowest BCUT2D eigenvalue weighted by atomic mass is 10.0. The van der Waals surface area contributed by atoms with Crippen molar-refractivity contribution in [3.05, 3.63) is 35.6 Å². The minimum absolute atomic E-state index is 0.158. The third-order valence-corrected chi connectivity index (χ3v) is 5.12. The SMILES string of the molecule is CC(Cc1ccc(F)cc1)NCC1(C)CCCS1. The molecule has 0 aromatic heterocycles. The average molecular weight is 267 g/mol. The van der Waals surface area contributed by atoms with Gasteiger partial charge in [-0.1, -0.05) is 12.1 Å². The van der Waals surface area contributed by atoms with Crippen LogP contribution in [0.4, 0.5) is 4.39 Å². The standard InChI is InChI=1S/C15H22FNS/c1-12(10-13-4-6-14(16)7-5-13)17-11-15(2)8-3-9-18-15/h4-7,12,17H,3,8-11H2,1-2H3. The Kier molecular flexibility index (Phi) is 4.68. The molecule has 0 bridgehead atoms. The molecule has 1 aromatic rings.